The van der Waals surface area contributed by atoms with E-state index in [2.05, 4.69) is 23.5 Å². The predicted octanol–water partition coefficient (Wildman–Crippen LogP) is 2.86. The Hall–Kier alpha value is -2.31. The molecule has 0 saturated carbocycles. The van der Waals surface area contributed by atoms with E-state index in [0.717, 1.165) is 18.7 Å². The van der Waals surface area contributed by atoms with Gasteiger partial charge in [-0.15, -0.1) is 0 Å². The average molecular weight is 252 g/mol. The Kier molecular flexibility index (Phi) is 4.54. The van der Waals surface area contributed by atoms with E-state index >= 15 is 0 Å². The van der Waals surface area contributed by atoms with Crippen molar-refractivity contribution in [2.75, 3.05) is 7.11 Å². The molecule has 0 radical (unpaired) electrons. The fraction of sp³-hybridized carbons (Fsp3) is 0.188. The van der Waals surface area contributed by atoms with E-state index < -0.39 is 0 Å². The van der Waals surface area contributed by atoms with E-state index in [-0.39, 0.29) is 0 Å². The Morgan fingerprint density at radius 2 is 1.79 bits per heavy atom. The maximum absolute atomic E-state index is 8.92. The number of nitrogens with zero attached hydrogens (tertiary/aromatic N) is 1. The average Bonchev–Trinajstić information content (AvgIpc) is 2.48. The van der Waals surface area contributed by atoms with Crippen molar-refractivity contribution in [3.05, 3.63) is 65.2 Å². The van der Waals surface area contributed by atoms with Gasteiger partial charge in [-0.25, -0.2) is 0 Å². The van der Waals surface area contributed by atoms with Crippen molar-refractivity contribution in [2.24, 2.45) is 0 Å². The SMILES string of the molecule is COc1cc(CNCc2ccccc2)ccc1C#N. The Balaban J connectivity index is 1.95. The van der Waals surface area contributed by atoms with Crippen LogP contribution >= 0.6 is 0 Å². The normalized spacial score (nSPS) is 9.89. The largest absolute Gasteiger partial charge is 0.495 e. The zero-order valence-corrected chi connectivity index (χ0v) is 10.9. The number of methoxy groups -OCH3 is 1. The first kappa shape index (κ1) is 13.1. The van der Waals surface area contributed by atoms with Crippen molar-refractivity contribution in [1.82, 2.24) is 5.32 Å². The Morgan fingerprint density at radius 3 is 2.47 bits per heavy atom. The van der Waals surface area contributed by atoms with Crippen molar-refractivity contribution in [1.29, 1.82) is 5.26 Å². The lowest BCUT2D eigenvalue weighted by atomic mass is 10.1. The third-order valence-corrected chi connectivity index (χ3v) is 2.89. The smallest absolute Gasteiger partial charge is 0.136 e. The summed E-state index contributed by atoms with van der Waals surface area (Å²) in [7, 11) is 1.58. The fourth-order valence-corrected chi connectivity index (χ4v) is 1.88. The molecule has 0 saturated heterocycles. The summed E-state index contributed by atoms with van der Waals surface area (Å²) in [6.07, 6.45) is 0. The van der Waals surface area contributed by atoms with Gasteiger partial charge in [0.05, 0.1) is 12.7 Å². The summed E-state index contributed by atoms with van der Waals surface area (Å²) < 4.78 is 5.19. The molecule has 96 valence electrons. The van der Waals surface area contributed by atoms with Crippen LogP contribution in [0.15, 0.2) is 48.5 Å². The molecule has 0 bridgehead atoms. The molecule has 3 heteroatoms. The topological polar surface area (TPSA) is 45.0 Å². The monoisotopic (exact) mass is 252 g/mol. The maximum Gasteiger partial charge on any atom is 0.136 e. The minimum atomic E-state index is 0.564. The van der Waals surface area contributed by atoms with Gasteiger partial charge in [-0.05, 0) is 23.3 Å². The highest BCUT2D eigenvalue weighted by atomic mass is 16.5. The van der Waals surface area contributed by atoms with Crippen LogP contribution in [-0.2, 0) is 13.1 Å². The van der Waals surface area contributed by atoms with Gasteiger partial charge in [-0.2, -0.15) is 5.26 Å². The molecule has 0 spiro atoms. The molecule has 0 aliphatic rings. The second-order valence-electron chi connectivity index (χ2n) is 4.24. The lowest BCUT2D eigenvalue weighted by Crippen LogP contribution is -2.12. The van der Waals surface area contributed by atoms with E-state index in [0.29, 0.717) is 11.3 Å². The van der Waals surface area contributed by atoms with Gasteiger partial charge in [0.25, 0.3) is 0 Å². The predicted molar refractivity (Wildman–Crippen MR) is 74.7 cm³/mol. The lowest BCUT2D eigenvalue weighted by Gasteiger charge is -2.08. The molecular weight excluding hydrogens is 236 g/mol. The van der Waals surface area contributed by atoms with Crippen LogP contribution < -0.4 is 10.1 Å². The van der Waals surface area contributed by atoms with Gasteiger partial charge in [-0.1, -0.05) is 36.4 Å². The molecule has 3 nitrogen and oxygen atoms in total. The van der Waals surface area contributed by atoms with Crippen LogP contribution in [0, 0.1) is 11.3 Å². The van der Waals surface area contributed by atoms with Crippen molar-refractivity contribution in [2.45, 2.75) is 13.1 Å². The summed E-state index contributed by atoms with van der Waals surface area (Å²) in [5.41, 5.74) is 2.92. The van der Waals surface area contributed by atoms with E-state index in [1.807, 2.05) is 30.3 Å². The van der Waals surface area contributed by atoms with Crippen LogP contribution in [0.3, 0.4) is 0 Å². The van der Waals surface area contributed by atoms with Gasteiger partial charge in [0.2, 0.25) is 0 Å². The van der Waals surface area contributed by atoms with Crippen LogP contribution in [0.5, 0.6) is 5.75 Å². The van der Waals surface area contributed by atoms with Crippen LogP contribution in [-0.4, -0.2) is 7.11 Å². The van der Waals surface area contributed by atoms with Crippen molar-refractivity contribution >= 4 is 0 Å². The van der Waals surface area contributed by atoms with Gasteiger partial charge in [0.15, 0.2) is 0 Å². The number of ether oxygens (including phenoxy) is 1. The second kappa shape index (κ2) is 6.58. The second-order valence-corrected chi connectivity index (χ2v) is 4.24. The first-order valence-electron chi connectivity index (χ1n) is 6.15. The number of rotatable bonds is 5. The molecule has 0 unspecified atom stereocenters. The highest BCUT2D eigenvalue weighted by Gasteiger charge is 2.03. The molecule has 0 heterocycles. The summed E-state index contributed by atoms with van der Waals surface area (Å²) in [5, 5.41) is 12.3. The summed E-state index contributed by atoms with van der Waals surface area (Å²) >= 11 is 0. The zero-order valence-electron chi connectivity index (χ0n) is 10.9. The first-order chi connectivity index (χ1) is 9.33. The molecule has 0 aliphatic carbocycles. The summed E-state index contributed by atoms with van der Waals surface area (Å²) in [5.74, 6) is 0.626. The molecule has 0 aliphatic heterocycles. The van der Waals surface area contributed by atoms with Gasteiger partial charge in [0.1, 0.15) is 11.8 Å². The van der Waals surface area contributed by atoms with Crippen LogP contribution in [0.2, 0.25) is 0 Å². The van der Waals surface area contributed by atoms with Gasteiger partial charge < -0.3 is 10.1 Å². The van der Waals surface area contributed by atoms with E-state index in [1.165, 1.54) is 5.56 Å². The van der Waals surface area contributed by atoms with Crippen molar-refractivity contribution in [3.8, 4) is 11.8 Å². The molecule has 0 atom stereocenters. The van der Waals surface area contributed by atoms with Gasteiger partial charge in [0, 0.05) is 13.1 Å². The maximum atomic E-state index is 8.92. The standard InChI is InChI=1S/C16H16N2O/c1-19-16-9-14(7-8-15(16)10-17)12-18-11-13-5-3-2-4-6-13/h2-9,18H,11-12H2,1H3. The number of benzene rings is 2. The lowest BCUT2D eigenvalue weighted by molar-refractivity contribution is 0.412. The number of hydrogen-bond acceptors (Lipinski definition) is 3. The molecule has 2 aromatic carbocycles. The summed E-state index contributed by atoms with van der Waals surface area (Å²) in [6, 6.07) is 18.0. The quantitative estimate of drug-likeness (QED) is 0.890. The number of nitrogens with one attached hydrogen (secondary N) is 1. The fourth-order valence-electron chi connectivity index (χ4n) is 1.88. The molecule has 19 heavy (non-hydrogen) atoms. The zero-order chi connectivity index (χ0) is 13.5. The van der Waals surface area contributed by atoms with Crippen LogP contribution in [0.25, 0.3) is 0 Å². The Morgan fingerprint density at radius 1 is 1.05 bits per heavy atom. The molecule has 0 amide bonds. The van der Waals surface area contributed by atoms with Crippen molar-refractivity contribution < 1.29 is 4.74 Å². The van der Waals surface area contributed by atoms with Crippen LogP contribution in [0.1, 0.15) is 16.7 Å². The minimum absolute atomic E-state index is 0.564. The molecule has 0 aromatic heterocycles. The number of hydrogen-bond donors (Lipinski definition) is 1. The molecular formula is C16H16N2O. The van der Waals surface area contributed by atoms with E-state index in [4.69, 9.17) is 10.00 Å². The summed E-state index contributed by atoms with van der Waals surface area (Å²) in [4.78, 5) is 0. The molecule has 1 N–H and O–H groups in total. The number of nitriles is 1. The van der Waals surface area contributed by atoms with Crippen molar-refractivity contribution in [3.63, 3.8) is 0 Å². The van der Waals surface area contributed by atoms with Gasteiger partial charge >= 0.3 is 0 Å². The Bertz CT molecular complexity index is 573. The third-order valence-electron chi connectivity index (χ3n) is 2.89. The van der Waals surface area contributed by atoms with E-state index in [1.54, 1.807) is 13.2 Å². The third kappa shape index (κ3) is 3.57. The highest BCUT2D eigenvalue weighted by molar-refractivity contribution is 5.45. The summed E-state index contributed by atoms with van der Waals surface area (Å²) in [6.45, 7) is 1.57. The van der Waals surface area contributed by atoms with Gasteiger partial charge in [-0.3, -0.25) is 0 Å². The van der Waals surface area contributed by atoms with Crippen LogP contribution in [0.4, 0.5) is 0 Å². The first-order valence-corrected chi connectivity index (χ1v) is 6.15. The molecule has 2 aromatic rings. The molecule has 0 fully saturated rings. The Labute approximate surface area is 113 Å². The highest BCUT2D eigenvalue weighted by Crippen LogP contribution is 2.19. The van der Waals surface area contributed by atoms with E-state index in [9.17, 15) is 0 Å². The molecule has 2 rings (SSSR count). The minimum Gasteiger partial charge on any atom is -0.495 e.